The molecule has 0 unspecified atom stereocenters. The van der Waals surface area contributed by atoms with Crippen LogP contribution < -0.4 is 10.0 Å². The lowest BCUT2D eigenvalue weighted by Crippen LogP contribution is -2.20. The summed E-state index contributed by atoms with van der Waals surface area (Å²) in [6, 6.07) is 10.5. The molecule has 3 rings (SSSR count). The van der Waals surface area contributed by atoms with E-state index >= 15 is 0 Å². The summed E-state index contributed by atoms with van der Waals surface area (Å²) in [5, 5.41) is 7.88. The molecule has 0 saturated heterocycles. The number of hydrogen-bond donors (Lipinski definition) is 3. The topological polar surface area (TPSA) is 104 Å². The maximum atomic E-state index is 13.3. The largest absolute Gasteiger partial charge is 0.322 e. The first-order valence-electron chi connectivity index (χ1n) is 7.66. The summed E-state index contributed by atoms with van der Waals surface area (Å²) in [6.45, 7) is 1.45. The van der Waals surface area contributed by atoms with Gasteiger partial charge in [-0.2, -0.15) is 13.5 Å². The predicted molar refractivity (Wildman–Crippen MR) is 94.9 cm³/mol. The Hall–Kier alpha value is -3.27. The van der Waals surface area contributed by atoms with E-state index in [4.69, 9.17) is 0 Å². The fourth-order valence-corrected chi connectivity index (χ4v) is 3.62. The van der Waals surface area contributed by atoms with Gasteiger partial charge >= 0.3 is 0 Å². The molecule has 0 saturated carbocycles. The van der Waals surface area contributed by atoms with Crippen molar-refractivity contribution in [2.75, 3.05) is 10.0 Å². The summed E-state index contributed by atoms with van der Waals surface area (Å²) < 4.78 is 54.1. The van der Waals surface area contributed by atoms with Crippen molar-refractivity contribution >= 4 is 27.3 Å². The number of amides is 1. The second-order valence-electron chi connectivity index (χ2n) is 5.61. The van der Waals surface area contributed by atoms with Crippen LogP contribution in [0.15, 0.2) is 53.6 Å². The Bertz CT molecular complexity index is 1080. The van der Waals surface area contributed by atoms with E-state index in [1.165, 1.54) is 19.1 Å². The Morgan fingerprint density at radius 1 is 1.04 bits per heavy atom. The number of carbonyl (C=O) groups is 1. The average molecular weight is 392 g/mol. The first-order valence-corrected chi connectivity index (χ1v) is 9.15. The number of sulfonamides is 1. The van der Waals surface area contributed by atoms with Crippen LogP contribution in [0.3, 0.4) is 0 Å². The molecule has 0 bridgehead atoms. The second-order valence-corrected chi connectivity index (χ2v) is 7.21. The molecule has 3 aromatic rings. The van der Waals surface area contributed by atoms with Crippen LogP contribution in [0.1, 0.15) is 16.1 Å². The summed E-state index contributed by atoms with van der Waals surface area (Å²) in [6.07, 6.45) is 0. The Kier molecular flexibility index (Phi) is 4.91. The highest BCUT2D eigenvalue weighted by molar-refractivity contribution is 7.92. The van der Waals surface area contributed by atoms with E-state index < -0.39 is 32.6 Å². The lowest BCUT2D eigenvalue weighted by molar-refractivity contribution is 0.102. The molecule has 2 aromatic carbocycles. The highest BCUT2D eigenvalue weighted by Crippen LogP contribution is 2.22. The van der Waals surface area contributed by atoms with E-state index in [0.29, 0.717) is 6.07 Å². The minimum atomic E-state index is -4.18. The molecule has 10 heteroatoms. The Balaban J connectivity index is 1.93. The van der Waals surface area contributed by atoms with Crippen LogP contribution in [0, 0.1) is 18.6 Å². The number of aryl methyl sites for hydroxylation is 1. The SMILES string of the molecule is Cc1[nH]nc(S(=O)(=O)Nc2ccccc2)c1C(=O)Nc1cc(F)cc(F)c1. The van der Waals surface area contributed by atoms with Crippen LogP contribution in [0.2, 0.25) is 0 Å². The van der Waals surface area contributed by atoms with Crippen molar-refractivity contribution < 1.29 is 22.0 Å². The fourth-order valence-electron chi connectivity index (χ4n) is 2.40. The number of anilines is 2. The van der Waals surface area contributed by atoms with Crippen LogP contribution in [-0.2, 0) is 10.0 Å². The predicted octanol–water partition coefficient (Wildman–Crippen LogP) is 3.05. The lowest BCUT2D eigenvalue weighted by atomic mass is 10.2. The molecule has 1 heterocycles. The molecule has 0 aliphatic heterocycles. The number of hydrogen-bond acceptors (Lipinski definition) is 4. The van der Waals surface area contributed by atoms with Gasteiger partial charge in [0.25, 0.3) is 15.9 Å². The van der Waals surface area contributed by atoms with Gasteiger partial charge in [-0.25, -0.2) is 8.78 Å². The number of nitrogens with one attached hydrogen (secondary N) is 3. The standard InChI is InChI=1S/C17H14F2N4O3S/c1-10-15(16(24)20-14-8-11(18)7-12(19)9-14)17(22-21-10)27(25,26)23-13-5-3-2-4-6-13/h2-9,23H,1H3,(H,20,24)(H,21,22). The van der Waals surface area contributed by atoms with Crippen molar-refractivity contribution in [1.29, 1.82) is 0 Å². The third-order valence-corrected chi connectivity index (χ3v) is 4.85. The van der Waals surface area contributed by atoms with Crippen LogP contribution >= 0.6 is 0 Å². The normalized spacial score (nSPS) is 11.2. The summed E-state index contributed by atoms with van der Waals surface area (Å²) in [7, 11) is -4.18. The van der Waals surface area contributed by atoms with Gasteiger partial charge in [0.15, 0.2) is 0 Å². The summed E-state index contributed by atoms with van der Waals surface area (Å²) in [5.74, 6) is -2.64. The summed E-state index contributed by atoms with van der Waals surface area (Å²) in [4.78, 5) is 12.5. The molecule has 0 radical (unpaired) electrons. The van der Waals surface area contributed by atoms with Crippen molar-refractivity contribution in [2.45, 2.75) is 11.9 Å². The van der Waals surface area contributed by atoms with Gasteiger partial charge in [0.2, 0.25) is 5.03 Å². The molecule has 1 aromatic heterocycles. The van der Waals surface area contributed by atoms with Gasteiger partial charge < -0.3 is 5.32 Å². The van der Waals surface area contributed by atoms with Gasteiger partial charge in [0, 0.05) is 23.1 Å². The third kappa shape index (κ3) is 4.11. The molecule has 0 aliphatic rings. The van der Waals surface area contributed by atoms with E-state index in [2.05, 4.69) is 20.2 Å². The molecule has 7 nitrogen and oxygen atoms in total. The Labute approximate surface area is 153 Å². The Morgan fingerprint density at radius 2 is 1.67 bits per heavy atom. The Morgan fingerprint density at radius 3 is 2.30 bits per heavy atom. The minimum absolute atomic E-state index is 0.155. The van der Waals surface area contributed by atoms with Gasteiger partial charge in [-0.15, -0.1) is 0 Å². The summed E-state index contributed by atoms with van der Waals surface area (Å²) >= 11 is 0. The molecule has 0 atom stereocenters. The molecular formula is C17H14F2N4O3S. The molecule has 0 aliphatic carbocycles. The van der Waals surface area contributed by atoms with Gasteiger partial charge in [0.05, 0.1) is 0 Å². The van der Waals surface area contributed by atoms with Gasteiger partial charge in [-0.3, -0.25) is 14.6 Å². The zero-order chi connectivity index (χ0) is 19.6. The van der Waals surface area contributed by atoms with E-state index in [0.717, 1.165) is 12.1 Å². The number of halogens is 2. The quantitative estimate of drug-likeness (QED) is 0.621. The monoisotopic (exact) mass is 392 g/mol. The van der Waals surface area contributed by atoms with Crippen molar-refractivity contribution in [3.63, 3.8) is 0 Å². The zero-order valence-electron chi connectivity index (χ0n) is 14.0. The number of aromatic nitrogens is 2. The molecule has 1 amide bonds. The van der Waals surface area contributed by atoms with Crippen molar-refractivity contribution in [2.24, 2.45) is 0 Å². The minimum Gasteiger partial charge on any atom is -0.322 e. The molecule has 0 spiro atoms. The number of H-pyrrole nitrogens is 1. The molecule has 140 valence electrons. The smallest absolute Gasteiger partial charge is 0.282 e. The second kappa shape index (κ2) is 7.16. The third-order valence-electron chi connectivity index (χ3n) is 3.54. The van der Waals surface area contributed by atoms with Crippen LogP contribution in [-0.4, -0.2) is 24.5 Å². The van der Waals surface area contributed by atoms with E-state index in [1.54, 1.807) is 18.2 Å². The fraction of sp³-hybridized carbons (Fsp3) is 0.0588. The first-order chi connectivity index (χ1) is 12.8. The number of benzene rings is 2. The maximum absolute atomic E-state index is 13.3. The number of nitrogens with zero attached hydrogens (tertiary/aromatic N) is 1. The first kappa shape index (κ1) is 18.5. The van der Waals surface area contributed by atoms with Crippen molar-refractivity contribution in [3.8, 4) is 0 Å². The lowest BCUT2D eigenvalue weighted by Gasteiger charge is -2.09. The van der Waals surface area contributed by atoms with Gasteiger partial charge in [-0.05, 0) is 31.2 Å². The summed E-state index contributed by atoms with van der Waals surface area (Å²) in [5.41, 5.74) is 0.0510. The van der Waals surface area contributed by atoms with Crippen LogP contribution in [0.4, 0.5) is 20.2 Å². The van der Waals surface area contributed by atoms with Gasteiger partial charge in [0.1, 0.15) is 17.2 Å². The molecule has 0 fully saturated rings. The number of para-hydroxylation sites is 1. The van der Waals surface area contributed by atoms with Crippen LogP contribution in [0.25, 0.3) is 0 Å². The van der Waals surface area contributed by atoms with E-state index in [-0.39, 0.29) is 22.6 Å². The number of rotatable bonds is 5. The average Bonchev–Trinajstić information content (AvgIpc) is 2.97. The highest BCUT2D eigenvalue weighted by atomic mass is 32.2. The van der Waals surface area contributed by atoms with Gasteiger partial charge in [-0.1, -0.05) is 18.2 Å². The molecule has 27 heavy (non-hydrogen) atoms. The van der Waals surface area contributed by atoms with Crippen LogP contribution in [0.5, 0.6) is 0 Å². The van der Waals surface area contributed by atoms with Crippen molar-refractivity contribution in [1.82, 2.24) is 10.2 Å². The molecular weight excluding hydrogens is 378 g/mol. The number of aromatic amines is 1. The number of carbonyl (C=O) groups excluding carboxylic acids is 1. The van der Waals surface area contributed by atoms with E-state index in [1.807, 2.05) is 0 Å². The van der Waals surface area contributed by atoms with Crippen molar-refractivity contribution in [3.05, 3.63) is 71.4 Å². The zero-order valence-corrected chi connectivity index (χ0v) is 14.8. The molecule has 3 N–H and O–H groups in total. The van der Waals surface area contributed by atoms with E-state index in [9.17, 15) is 22.0 Å². The maximum Gasteiger partial charge on any atom is 0.282 e. The highest BCUT2D eigenvalue weighted by Gasteiger charge is 2.28.